The first-order chi connectivity index (χ1) is 9.13. The Labute approximate surface area is 144 Å². The molecule has 1 fully saturated rings. The van der Waals surface area contributed by atoms with Crippen LogP contribution in [0.3, 0.4) is 0 Å². The van der Waals surface area contributed by atoms with E-state index in [1.807, 2.05) is 23.1 Å². The minimum Gasteiger partial charge on any atom is -0.335 e. The van der Waals surface area contributed by atoms with E-state index >= 15 is 0 Å². The van der Waals surface area contributed by atoms with Gasteiger partial charge in [0.05, 0.1) is 5.56 Å². The lowest BCUT2D eigenvalue weighted by Gasteiger charge is -2.29. The van der Waals surface area contributed by atoms with Crippen LogP contribution in [0.25, 0.3) is 0 Å². The van der Waals surface area contributed by atoms with Crippen molar-refractivity contribution < 1.29 is 4.79 Å². The molecule has 0 radical (unpaired) electrons. The SMILES string of the molecule is O=C(c1cc(Br)ccc1I)N1CCCCCC1CBr. The van der Waals surface area contributed by atoms with Crippen molar-refractivity contribution in [2.45, 2.75) is 31.7 Å². The van der Waals surface area contributed by atoms with Gasteiger partial charge in [-0.2, -0.15) is 0 Å². The molecule has 1 aliphatic heterocycles. The Bertz CT molecular complexity index is 467. The minimum absolute atomic E-state index is 0.164. The van der Waals surface area contributed by atoms with Gasteiger partial charge in [0.15, 0.2) is 0 Å². The van der Waals surface area contributed by atoms with Gasteiger partial charge >= 0.3 is 0 Å². The van der Waals surface area contributed by atoms with Crippen LogP contribution in [-0.4, -0.2) is 28.7 Å². The van der Waals surface area contributed by atoms with Crippen LogP contribution in [-0.2, 0) is 0 Å². The number of carbonyl (C=O) groups excluding carboxylic acids is 1. The molecular formula is C14H16Br2INO. The topological polar surface area (TPSA) is 20.3 Å². The third-order valence-electron chi connectivity index (χ3n) is 3.47. The number of hydrogen-bond acceptors (Lipinski definition) is 1. The van der Waals surface area contributed by atoms with Crippen LogP contribution >= 0.6 is 54.5 Å². The molecule has 0 N–H and O–H groups in total. The molecule has 2 nitrogen and oxygen atoms in total. The summed E-state index contributed by atoms with van der Waals surface area (Å²) in [5, 5.41) is 0.864. The largest absolute Gasteiger partial charge is 0.335 e. The van der Waals surface area contributed by atoms with Crippen molar-refractivity contribution in [3.05, 3.63) is 31.8 Å². The molecule has 1 atom stereocenters. The molecule has 1 aromatic rings. The number of nitrogens with zero attached hydrogens (tertiary/aromatic N) is 1. The van der Waals surface area contributed by atoms with E-state index in [2.05, 4.69) is 54.5 Å². The minimum atomic E-state index is 0.164. The van der Waals surface area contributed by atoms with Gasteiger partial charge in [-0.1, -0.05) is 44.7 Å². The van der Waals surface area contributed by atoms with Crippen molar-refractivity contribution in [3.8, 4) is 0 Å². The summed E-state index contributed by atoms with van der Waals surface area (Å²) in [5.74, 6) is 0.164. The van der Waals surface area contributed by atoms with Crippen LogP contribution in [0.4, 0.5) is 0 Å². The Hall–Kier alpha value is 0.380. The van der Waals surface area contributed by atoms with Gasteiger partial charge < -0.3 is 4.90 Å². The van der Waals surface area contributed by atoms with Gasteiger partial charge in [-0.15, -0.1) is 0 Å². The highest BCUT2D eigenvalue weighted by atomic mass is 127. The summed E-state index contributed by atoms with van der Waals surface area (Å²) < 4.78 is 1.98. The molecule has 0 saturated carbocycles. The zero-order valence-electron chi connectivity index (χ0n) is 10.5. The second-order valence-corrected chi connectivity index (χ2v) is 7.51. The average molecular weight is 501 g/mol. The van der Waals surface area contributed by atoms with E-state index in [1.54, 1.807) is 0 Å². The van der Waals surface area contributed by atoms with Crippen LogP contribution in [0.5, 0.6) is 0 Å². The number of amides is 1. The molecule has 0 aliphatic carbocycles. The van der Waals surface area contributed by atoms with Gasteiger partial charge in [-0.3, -0.25) is 4.79 Å². The molecule has 0 aromatic heterocycles. The van der Waals surface area contributed by atoms with Gasteiger partial charge in [-0.05, 0) is 53.6 Å². The lowest BCUT2D eigenvalue weighted by molar-refractivity contribution is 0.0701. The van der Waals surface area contributed by atoms with E-state index in [9.17, 15) is 4.79 Å². The average Bonchev–Trinajstić information content (AvgIpc) is 2.65. The van der Waals surface area contributed by atoms with Crippen LogP contribution < -0.4 is 0 Å². The van der Waals surface area contributed by atoms with Crippen molar-refractivity contribution in [3.63, 3.8) is 0 Å². The Morgan fingerprint density at radius 2 is 2.16 bits per heavy atom. The van der Waals surface area contributed by atoms with Crippen molar-refractivity contribution in [2.24, 2.45) is 0 Å². The van der Waals surface area contributed by atoms with Crippen molar-refractivity contribution in [1.29, 1.82) is 0 Å². The maximum Gasteiger partial charge on any atom is 0.255 e. The molecule has 19 heavy (non-hydrogen) atoms. The Kier molecular flexibility index (Phi) is 6.14. The molecule has 0 bridgehead atoms. The van der Waals surface area contributed by atoms with Crippen LogP contribution in [0.2, 0.25) is 0 Å². The maximum absolute atomic E-state index is 12.8. The first-order valence-corrected chi connectivity index (χ1v) is 9.45. The first-order valence-electron chi connectivity index (χ1n) is 6.45. The molecule has 1 aliphatic rings. The first kappa shape index (κ1) is 15.8. The molecule has 1 amide bonds. The second kappa shape index (κ2) is 7.41. The van der Waals surface area contributed by atoms with E-state index in [4.69, 9.17) is 0 Å². The molecule has 2 rings (SSSR count). The van der Waals surface area contributed by atoms with Crippen LogP contribution in [0, 0.1) is 3.57 Å². The van der Waals surface area contributed by atoms with E-state index in [0.717, 1.165) is 38.3 Å². The number of rotatable bonds is 2. The quantitative estimate of drug-likeness (QED) is 0.420. The summed E-state index contributed by atoms with van der Waals surface area (Å²) in [6.45, 7) is 0.873. The number of alkyl halides is 1. The fraction of sp³-hybridized carbons (Fsp3) is 0.500. The van der Waals surface area contributed by atoms with Gasteiger partial charge in [0.25, 0.3) is 5.91 Å². The number of benzene rings is 1. The normalized spacial score (nSPS) is 20.2. The van der Waals surface area contributed by atoms with Gasteiger partial charge in [0.1, 0.15) is 0 Å². The molecule has 1 unspecified atom stereocenters. The molecular weight excluding hydrogens is 485 g/mol. The molecule has 1 aromatic carbocycles. The highest BCUT2D eigenvalue weighted by Crippen LogP contribution is 2.24. The molecule has 1 saturated heterocycles. The van der Waals surface area contributed by atoms with Crippen LogP contribution in [0.1, 0.15) is 36.0 Å². The predicted octanol–water partition coefficient (Wildman–Crippen LogP) is 4.83. The number of carbonyl (C=O) groups is 1. The van der Waals surface area contributed by atoms with Crippen LogP contribution in [0.15, 0.2) is 22.7 Å². The fourth-order valence-corrected chi connectivity index (χ4v) is 4.02. The summed E-state index contributed by atoms with van der Waals surface area (Å²) in [6, 6.07) is 6.21. The number of halogens is 3. The van der Waals surface area contributed by atoms with Gasteiger partial charge in [0, 0.05) is 26.0 Å². The van der Waals surface area contributed by atoms with E-state index < -0.39 is 0 Å². The number of hydrogen-bond donors (Lipinski definition) is 0. The smallest absolute Gasteiger partial charge is 0.255 e. The third kappa shape index (κ3) is 3.94. The van der Waals surface area contributed by atoms with Gasteiger partial charge in [-0.25, -0.2) is 0 Å². The summed E-state index contributed by atoms with van der Waals surface area (Å²) in [7, 11) is 0. The highest BCUT2D eigenvalue weighted by molar-refractivity contribution is 14.1. The molecule has 1 heterocycles. The summed E-state index contributed by atoms with van der Waals surface area (Å²) in [4.78, 5) is 14.8. The third-order valence-corrected chi connectivity index (χ3v) is 5.66. The fourth-order valence-electron chi connectivity index (χ4n) is 2.42. The predicted molar refractivity (Wildman–Crippen MR) is 93.9 cm³/mol. The molecule has 104 valence electrons. The Morgan fingerprint density at radius 3 is 2.89 bits per heavy atom. The zero-order valence-corrected chi connectivity index (χ0v) is 15.9. The Morgan fingerprint density at radius 1 is 1.37 bits per heavy atom. The zero-order chi connectivity index (χ0) is 13.8. The highest BCUT2D eigenvalue weighted by Gasteiger charge is 2.26. The monoisotopic (exact) mass is 499 g/mol. The molecule has 0 spiro atoms. The summed E-state index contributed by atoms with van der Waals surface area (Å²) >= 11 is 9.24. The lowest BCUT2D eigenvalue weighted by Crippen LogP contribution is -2.41. The lowest BCUT2D eigenvalue weighted by atomic mass is 10.1. The second-order valence-electron chi connectivity index (χ2n) is 4.78. The van der Waals surface area contributed by atoms with E-state index in [-0.39, 0.29) is 5.91 Å². The van der Waals surface area contributed by atoms with Crippen molar-refractivity contribution in [2.75, 3.05) is 11.9 Å². The van der Waals surface area contributed by atoms with E-state index in [0.29, 0.717) is 6.04 Å². The standard InChI is InChI=1S/C14H16Br2INO/c15-9-11-4-2-1-3-7-18(11)14(19)12-8-10(16)5-6-13(12)17/h5-6,8,11H,1-4,7,9H2. The Balaban J connectivity index is 2.27. The van der Waals surface area contributed by atoms with Crippen molar-refractivity contribution in [1.82, 2.24) is 4.90 Å². The maximum atomic E-state index is 12.8. The van der Waals surface area contributed by atoms with Gasteiger partial charge in [0.2, 0.25) is 0 Å². The summed E-state index contributed by atoms with van der Waals surface area (Å²) in [6.07, 6.45) is 4.65. The summed E-state index contributed by atoms with van der Waals surface area (Å²) in [5.41, 5.74) is 0.808. The van der Waals surface area contributed by atoms with E-state index in [1.165, 1.54) is 12.8 Å². The number of likely N-dealkylation sites (tertiary alicyclic amines) is 1. The van der Waals surface area contributed by atoms with Crippen molar-refractivity contribution >= 4 is 60.4 Å². The molecule has 5 heteroatoms.